The predicted molar refractivity (Wildman–Crippen MR) is 77.2 cm³/mol. The van der Waals surface area contributed by atoms with Crippen LogP contribution in [0.1, 0.15) is 45.0 Å². The molecule has 0 aliphatic carbocycles. The first-order chi connectivity index (χ1) is 9.26. The minimum Gasteiger partial charge on any atom is -0.459 e. The van der Waals surface area contributed by atoms with Crippen LogP contribution in [0.4, 0.5) is 0 Å². The molecule has 0 amide bonds. The Labute approximate surface area is 120 Å². The highest BCUT2D eigenvalue weighted by atomic mass is 16.6. The lowest BCUT2D eigenvalue weighted by Crippen LogP contribution is -2.40. The van der Waals surface area contributed by atoms with Crippen molar-refractivity contribution in [3.05, 3.63) is 17.5 Å². The van der Waals surface area contributed by atoms with Crippen molar-refractivity contribution < 1.29 is 9.53 Å². The third-order valence-electron chi connectivity index (χ3n) is 3.51. The van der Waals surface area contributed by atoms with Gasteiger partial charge in [-0.05, 0) is 53.1 Å². The fourth-order valence-electron chi connectivity index (χ4n) is 2.67. The summed E-state index contributed by atoms with van der Waals surface area (Å²) in [5.41, 5.74) is 1.72. The number of aryl methyl sites for hydroxylation is 2. The van der Waals surface area contributed by atoms with Crippen LogP contribution in [0.5, 0.6) is 0 Å². The molecule has 1 fully saturated rings. The third kappa shape index (κ3) is 3.60. The van der Waals surface area contributed by atoms with Crippen LogP contribution < -0.4 is 0 Å². The lowest BCUT2D eigenvalue weighted by atomic mass is 10.1. The summed E-state index contributed by atoms with van der Waals surface area (Å²) in [6, 6.07) is 1.95. The fourth-order valence-corrected chi connectivity index (χ4v) is 2.67. The first-order valence-electron chi connectivity index (χ1n) is 7.23. The van der Waals surface area contributed by atoms with E-state index in [1.807, 2.05) is 39.4 Å². The molecule has 1 aliphatic rings. The molecule has 0 aromatic carbocycles. The molecule has 1 atom stereocenters. The Morgan fingerprint density at radius 1 is 1.50 bits per heavy atom. The minimum atomic E-state index is -0.422. The van der Waals surface area contributed by atoms with Crippen molar-refractivity contribution in [2.75, 3.05) is 6.54 Å². The minimum absolute atomic E-state index is 0.103. The van der Waals surface area contributed by atoms with Crippen molar-refractivity contribution >= 4 is 5.97 Å². The molecular formula is C15H25N3O2. The van der Waals surface area contributed by atoms with Gasteiger partial charge in [0.05, 0.1) is 11.4 Å². The van der Waals surface area contributed by atoms with Gasteiger partial charge in [-0.15, -0.1) is 0 Å². The van der Waals surface area contributed by atoms with E-state index in [4.69, 9.17) is 4.74 Å². The number of rotatable bonds is 3. The summed E-state index contributed by atoms with van der Waals surface area (Å²) in [5, 5.41) is 4.36. The summed E-state index contributed by atoms with van der Waals surface area (Å²) < 4.78 is 7.41. The quantitative estimate of drug-likeness (QED) is 0.794. The highest BCUT2D eigenvalue weighted by Crippen LogP contribution is 2.23. The first-order valence-corrected chi connectivity index (χ1v) is 7.23. The summed E-state index contributed by atoms with van der Waals surface area (Å²) in [6.45, 7) is 9.41. The Bertz CT molecular complexity index is 488. The van der Waals surface area contributed by atoms with Crippen LogP contribution in [0.15, 0.2) is 6.07 Å². The number of likely N-dealkylation sites (tertiary alicyclic amines) is 1. The van der Waals surface area contributed by atoms with Crippen molar-refractivity contribution in [1.29, 1.82) is 0 Å². The van der Waals surface area contributed by atoms with Gasteiger partial charge in [0.25, 0.3) is 0 Å². The Kier molecular flexibility index (Phi) is 4.18. The van der Waals surface area contributed by atoms with Gasteiger partial charge in [-0.2, -0.15) is 5.10 Å². The monoisotopic (exact) mass is 279 g/mol. The van der Waals surface area contributed by atoms with Crippen LogP contribution in [-0.4, -0.2) is 38.8 Å². The van der Waals surface area contributed by atoms with Crippen molar-refractivity contribution in [1.82, 2.24) is 14.7 Å². The number of hydrogen-bond acceptors (Lipinski definition) is 4. The molecule has 2 rings (SSSR count). The number of carbonyl (C=O) groups excluding carboxylic acids is 1. The summed E-state index contributed by atoms with van der Waals surface area (Å²) in [7, 11) is 1.95. The van der Waals surface area contributed by atoms with Crippen molar-refractivity contribution in [3.63, 3.8) is 0 Å². The van der Waals surface area contributed by atoms with Gasteiger partial charge in [-0.25, -0.2) is 0 Å². The van der Waals surface area contributed by atoms with Crippen LogP contribution in [0.2, 0.25) is 0 Å². The van der Waals surface area contributed by atoms with Crippen LogP contribution in [0.3, 0.4) is 0 Å². The van der Waals surface area contributed by atoms with E-state index in [9.17, 15) is 4.79 Å². The van der Waals surface area contributed by atoms with Gasteiger partial charge in [-0.3, -0.25) is 14.4 Å². The second-order valence-corrected chi connectivity index (χ2v) is 6.56. The lowest BCUT2D eigenvalue weighted by Gasteiger charge is -2.27. The maximum atomic E-state index is 12.3. The SMILES string of the molecule is Cc1cc(CN2CCC[C@@H]2C(=O)OC(C)(C)C)n(C)n1. The molecular weight excluding hydrogens is 254 g/mol. The maximum absolute atomic E-state index is 12.3. The van der Waals surface area contributed by atoms with Gasteiger partial charge in [0, 0.05) is 13.6 Å². The van der Waals surface area contributed by atoms with Gasteiger partial charge >= 0.3 is 5.97 Å². The Hall–Kier alpha value is -1.36. The number of aromatic nitrogens is 2. The Balaban J connectivity index is 2.04. The summed E-state index contributed by atoms with van der Waals surface area (Å²) in [5.74, 6) is -0.103. The molecule has 0 radical (unpaired) electrons. The molecule has 1 aromatic heterocycles. The van der Waals surface area contributed by atoms with E-state index in [0.29, 0.717) is 0 Å². The second-order valence-electron chi connectivity index (χ2n) is 6.56. The summed E-state index contributed by atoms with van der Waals surface area (Å²) >= 11 is 0. The van der Waals surface area contributed by atoms with E-state index in [-0.39, 0.29) is 12.0 Å². The van der Waals surface area contributed by atoms with E-state index in [2.05, 4.69) is 16.1 Å². The van der Waals surface area contributed by atoms with Crippen molar-refractivity contribution in [3.8, 4) is 0 Å². The van der Waals surface area contributed by atoms with Gasteiger partial charge in [-0.1, -0.05) is 0 Å². The number of hydrogen-bond donors (Lipinski definition) is 0. The highest BCUT2D eigenvalue weighted by Gasteiger charge is 2.34. The topological polar surface area (TPSA) is 47.4 Å². The van der Waals surface area contributed by atoms with E-state index in [1.165, 1.54) is 0 Å². The first kappa shape index (κ1) is 15.0. The second kappa shape index (κ2) is 5.56. The Morgan fingerprint density at radius 3 is 2.75 bits per heavy atom. The van der Waals surface area contributed by atoms with Gasteiger partial charge in [0.15, 0.2) is 0 Å². The lowest BCUT2D eigenvalue weighted by molar-refractivity contribution is -0.160. The van der Waals surface area contributed by atoms with E-state index in [0.717, 1.165) is 37.3 Å². The Morgan fingerprint density at radius 2 is 2.20 bits per heavy atom. The van der Waals surface area contributed by atoms with E-state index < -0.39 is 5.60 Å². The molecule has 1 aliphatic heterocycles. The van der Waals surface area contributed by atoms with Gasteiger partial charge in [0.2, 0.25) is 0 Å². The molecule has 1 aromatic rings. The standard InChI is InChI=1S/C15H25N3O2/c1-11-9-12(17(5)16-11)10-18-8-6-7-13(18)14(19)20-15(2,3)4/h9,13H,6-8,10H2,1-5H3/t13-/m1/s1. The predicted octanol–water partition coefficient (Wildman–Crippen LogP) is 2.03. The zero-order valence-electron chi connectivity index (χ0n) is 13.1. The zero-order valence-corrected chi connectivity index (χ0v) is 13.1. The zero-order chi connectivity index (χ0) is 14.9. The van der Waals surface area contributed by atoms with E-state index in [1.54, 1.807) is 0 Å². The molecule has 0 bridgehead atoms. The largest absolute Gasteiger partial charge is 0.459 e. The summed E-state index contributed by atoms with van der Waals surface area (Å²) in [6.07, 6.45) is 1.92. The van der Waals surface area contributed by atoms with Crippen LogP contribution >= 0.6 is 0 Å². The smallest absolute Gasteiger partial charge is 0.323 e. The highest BCUT2D eigenvalue weighted by molar-refractivity contribution is 5.76. The summed E-state index contributed by atoms with van der Waals surface area (Å²) in [4.78, 5) is 14.5. The molecule has 112 valence electrons. The van der Waals surface area contributed by atoms with Crippen LogP contribution in [-0.2, 0) is 23.1 Å². The van der Waals surface area contributed by atoms with Crippen LogP contribution in [0, 0.1) is 6.92 Å². The number of esters is 1. The maximum Gasteiger partial charge on any atom is 0.323 e. The van der Waals surface area contributed by atoms with Crippen molar-refractivity contribution in [2.45, 2.75) is 58.7 Å². The van der Waals surface area contributed by atoms with Crippen molar-refractivity contribution in [2.24, 2.45) is 7.05 Å². The van der Waals surface area contributed by atoms with E-state index >= 15 is 0 Å². The third-order valence-corrected chi connectivity index (χ3v) is 3.51. The number of nitrogens with zero attached hydrogens (tertiary/aromatic N) is 3. The van der Waals surface area contributed by atoms with Crippen LogP contribution in [0.25, 0.3) is 0 Å². The molecule has 1 saturated heterocycles. The molecule has 20 heavy (non-hydrogen) atoms. The molecule has 0 unspecified atom stereocenters. The van der Waals surface area contributed by atoms with Gasteiger partial charge in [0.1, 0.15) is 11.6 Å². The molecule has 0 spiro atoms. The molecule has 5 nitrogen and oxygen atoms in total. The van der Waals surface area contributed by atoms with Gasteiger partial charge < -0.3 is 4.74 Å². The molecule has 0 saturated carbocycles. The fraction of sp³-hybridized carbons (Fsp3) is 0.733. The number of ether oxygens (including phenoxy) is 1. The number of carbonyl (C=O) groups is 1. The molecule has 5 heteroatoms. The normalized spacial score (nSPS) is 20.4. The average molecular weight is 279 g/mol. The average Bonchev–Trinajstić information content (AvgIpc) is 2.84. The molecule has 0 N–H and O–H groups in total. The molecule has 2 heterocycles.